The Labute approximate surface area is 242 Å². The molecule has 3 N–H and O–H groups in total. The monoisotopic (exact) mass is 586 g/mol. The minimum Gasteiger partial charge on any atom is -0.460 e. The molecule has 0 saturated carbocycles. The maximum atomic E-state index is 12.1. The summed E-state index contributed by atoms with van der Waals surface area (Å²) in [6.07, 6.45) is -8.59. The highest BCUT2D eigenvalue weighted by Gasteiger charge is 2.55. The number of aryl methyl sites for hydroxylation is 1. The normalized spacial score (nSPS) is 22.2. The van der Waals surface area contributed by atoms with Gasteiger partial charge in [-0.2, -0.15) is 0 Å². The molecule has 1 amide bonds. The minimum atomic E-state index is -1.48. The third-order valence-corrected chi connectivity index (χ3v) is 6.17. The number of hydrogen-bond acceptors (Lipinski definition) is 12. The lowest BCUT2D eigenvalue weighted by molar-refractivity contribution is -0.297. The van der Waals surface area contributed by atoms with Gasteiger partial charge in [-0.15, -0.1) is 0 Å². The summed E-state index contributed by atoms with van der Waals surface area (Å²) in [5.74, 6) is -3.00. The number of carbonyl (C=O) groups excluding carboxylic acids is 5. The lowest BCUT2D eigenvalue weighted by Crippen LogP contribution is -2.66. The molecule has 1 aliphatic heterocycles. The van der Waals surface area contributed by atoms with Gasteiger partial charge in [0.1, 0.15) is 5.75 Å². The molecule has 13 heteroatoms. The second kappa shape index (κ2) is 13.9. The molecule has 6 unspecified atom stereocenters. The molecule has 6 atom stereocenters. The molecule has 1 fully saturated rings. The van der Waals surface area contributed by atoms with E-state index in [0.717, 1.165) is 38.8 Å². The van der Waals surface area contributed by atoms with E-state index >= 15 is 0 Å². The van der Waals surface area contributed by atoms with Crippen LogP contribution in [0.1, 0.15) is 43.6 Å². The summed E-state index contributed by atoms with van der Waals surface area (Å²) >= 11 is 0. The third kappa shape index (κ3) is 8.04. The summed E-state index contributed by atoms with van der Waals surface area (Å²) in [6.45, 7) is 6.24. The highest BCUT2D eigenvalue weighted by molar-refractivity contribution is 5.95. The van der Waals surface area contributed by atoms with E-state index in [1.54, 1.807) is 44.3 Å². The Bertz CT molecular complexity index is 1340. The molecular weight excluding hydrogens is 552 g/mol. The SMILES string of the molecule is CNC(=O)c1cccc(-c2ccc(OC3OC(C(N)OC(C)=O)C(OC(C)=O)C(OC(C)=O)C3OC(C)=O)c(C)c2)c1. The van der Waals surface area contributed by atoms with Crippen molar-refractivity contribution in [2.75, 3.05) is 7.05 Å². The number of amides is 1. The summed E-state index contributed by atoms with van der Waals surface area (Å²) < 4.78 is 33.5. The standard InChI is InChI=1S/C29H34N2O11/c1-14-12-20(19-8-7-9-21(13-19)28(36)31-6)10-11-22(14)41-29-26(39-17(4)34)24(38-16(3)33)23(37-15(2)32)25(42-29)27(30)40-18(5)35/h7-13,23-27,29H,30H2,1-6H3,(H,31,36). The lowest BCUT2D eigenvalue weighted by atomic mass is 9.96. The predicted molar refractivity (Wildman–Crippen MR) is 146 cm³/mol. The van der Waals surface area contributed by atoms with Gasteiger partial charge in [-0.3, -0.25) is 29.7 Å². The maximum Gasteiger partial charge on any atom is 0.304 e. The van der Waals surface area contributed by atoms with Crippen molar-refractivity contribution in [3.63, 3.8) is 0 Å². The largest absolute Gasteiger partial charge is 0.460 e. The summed E-state index contributed by atoms with van der Waals surface area (Å²) in [6, 6.07) is 12.3. The minimum absolute atomic E-state index is 0.226. The molecular formula is C29H34N2O11. The molecule has 1 heterocycles. The van der Waals surface area contributed by atoms with Crippen molar-refractivity contribution >= 4 is 29.8 Å². The van der Waals surface area contributed by atoms with E-state index in [1.807, 2.05) is 12.1 Å². The van der Waals surface area contributed by atoms with Crippen LogP contribution in [0.15, 0.2) is 42.5 Å². The van der Waals surface area contributed by atoms with Crippen molar-refractivity contribution < 1.29 is 52.4 Å². The van der Waals surface area contributed by atoms with Crippen LogP contribution in [0.2, 0.25) is 0 Å². The summed E-state index contributed by atoms with van der Waals surface area (Å²) in [5.41, 5.74) is 8.77. The van der Waals surface area contributed by atoms with E-state index in [9.17, 15) is 24.0 Å². The first-order valence-electron chi connectivity index (χ1n) is 13.0. The van der Waals surface area contributed by atoms with Gasteiger partial charge in [0.25, 0.3) is 5.91 Å². The molecule has 1 aliphatic rings. The van der Waals surface area contributed by atoms with Gasteiger partial charge in [0.05, 0.1) is 0 Å². The van der Waals surface area contributed by atoms with Crippen LogP contribution in [0, 0.1) is 6.92 Å². The molecule has 0 spiro atoms. The molecule has 2 aromatic carbocycles. The maximum absolute atomic E-state index is 12.1. The predicted octanol–water partition coefficient (Wildman–Crippen LogP) is 1.77. The van der Waals surface area contributed by atoms with E-state index in [-0.39, 0.29) is 5.91 Å². The fraction of sp³-hybridized carbons (Fsp3) is 0.414. The average Bonchev–Trinajstić information content (AvgIpc) is 2.91. The number of hydrogen-bond donors (Lipinski definition) is 2. The molecule has 2 aromatic rings. The van der Waals surface area contributed by atoms with Crippen molar-refractivity contribution in [3.8, 4) is 16.9 Å². The summed E-state index contributed by atoms with van der Waals surface area (Å²) in [4.78, 5) is 59.9. The van der Waals surface area contributed by atoms with Gasteiger partial charge in [0.15, 0.2) is 24.5 Å². The molecule has 0 aliphatic carbocycles. The van der Waals surface area contributed by atoms with Crippen LogP contribution in [0.25, 0.3) is 11.1 Å². The van der Waals surface area contributed by atoms with E-state index in [2.05, 4.69) is 5.32 Å². The molecule has 0 aromatic heterocycles. The molecule has 3 rings (SSSR count). The van der Waals surface area contributed by atoms with Crippen LogP contribution in [0.3, 0.4) is 0 Å². The average molecular weight is 587 g/mol. The third-order valence-electron chi connectivity index (χ3n) is 6.17. The zero-order valence-electron chi connectivity index (χ0n) is 24.1. The Morgan fingerprint density at radius 3 is 1.98 bits per heavy atom. The van der Waals surface area contributed by atoms with Gasteiger partial charge in [-0.05, 0) is 47.9 Å². The van der Waals surface area contributed by atoms with Gasteiger partial charge < -0.3 is 33.7 Å². The van der Waals surface area contributed by atoms with Gasteiger partial charge in [0.2, 0.25) is 12.4 Å². The lowest BCUT2D eigenvalue weighted by Gasteiger charge is -2.45. The van der Waals surface area contributed by atoms with Gasteiger partial charge >= 0.3 is 23.9 Å². The zero-order chi connectivity index (χ0) is 31.1. The van der Waals surface area contributed by atoms with Crippen LogP contribution < -0.4 is 15.8 Å². The van der Waals surface area contributed by atoms with Crippen molar-refractivity contribution in [1.29, 1.82) is 0 Å². The Morgan fingerprint density at radius 2 is 1.40 bits per heavy atom. The van der Waals surface area contributed by atoms with Crippen LogP contribution in [0.4, 0.5) is 0 Å². The fourth-order valence-corrected chi connectivity index (χ4v) is 4.49. The quantitative estimate of drug-likeness (QED) is 0.247. The van der Waals surface area contributed by atoms with Crippen molar-refractivity contribution in [1.82, 2.24) is 5.32 Å². The number of rotatable bonds is 9. The van der Waals surface area contributed by atoms with Crippen LogP contribution in [-0.2, 0) is 42.9 Å². The number of benzene rings is 2. The first-order valence-corrected chi connectivity index (χ1v) is 13.0. The topological polar surface area (TPSA) is 179 Å². The number of esters is 4. The van der Waals surface area contributed by atoms with E-state index in [1.165, 1.54) is 0 Å². The van der Waals surface area contributed by atoms with E-state index < -0.39 is 60.8 Å². The highest BCUT2D eigenvalue weighted by Crippen LogP contribution is 2.34. The Balaban J connectivity index is 2.01. The van der Waals surface area contributed by atoms with Gasteiger partial charge in [0, 0.05) is 40.3 Å². The fourth-order valence-electron chi connectivity index (χ4n) is 4.49. The van der Waals surface area contributed by atoms with Crippen molar-refractivity contribution in [2.45, 2.75) is 71.6 Å². The zero-order valence-corrected chi connectivity index (χ0v) is 24.1. The number of nitrogens with two attached hydrogens (primary N) is 1. The molecule has 13 nitrogen and oxygen atoms in total. The second-order valence-electron chi connectivity index (χ2n) is 9.52. The highest BCUT2D eigenvalue weighted by atomic mass is 16.7. The van der Waals surface area contributed by atoms with Crippen molar-refractivity contribution in [2.24, 2.45) is 5.73 Å². The Hall–Kier alpha value is -4.49. The van der Waals surface area contributed by atoms with Gasteiger partial charge in [-0.1, -0.05) is 18.2 Å². The van der Waals surface area contributed by atoms with Crippen molar-refractivity contribution in [3.05, 3.63) is 53.6 Å². The molecule has 0 radical (unpaired) electrons. The smallest absolute Gasteiger partial charge is 0.304 e. The molecule has 1 saturated heterocycles. The first-order chi connectivity index (χ1) is 19.8. The number of nitrogens with one attached hydrogen (secondary N) is 1. The Morgan fingerprint density at radius 1 is 0.810 bits per heavy atom. The summed E-state index contributed by atoms with van der Waals surface area (Å²) in [5, 5.41) is 2.59. The first kappa shape index (κ1) is 32.0. The number of ether oxygens (including phenoxy) is 6. The van der Waals surface area contributed by atoms with Gasteiger partial charge in [-0.25, -0.2) is 0 Å². The van der Waals surface area contributed by atoms with E-state index in [0.29, 0.717) is 16.9 Å². The van der Waals surface area contributed by atoms with Crippen LogP contribution >= 0.6 is 0 Å². The molecule has 0 bridgehead atoms. The van der Waals surface area contributed by atoms with Crippen LogP contribution in [0.5, 0.6) is 5.75 Å². The second-order valence-corrected chi connectivity index (χ2v) is 9.52. The summed E-state index contributed by atoms with van der Waals surface area (Å²) in [7, 11) is 1.55. The number of carbonyl (C=O) groups is 5. The van der Waals surface area contributed by atoms with Crippen LogP contribution in [-0.4, -0.2) is 73.8 Å². The molecule has 42 heavy (non-hydrogen) atoms. The van der Waals surface area contributed by atoms with E-state index in [4.69, 9.17) is 34.2 Å². The Kier molecular flexibility index (Phi) is 10.6. The molecule has 226 valence electrons.